The summed E-state index contributed by atoms with van der Waals surface area (Å²) >= 11 is 0. The van der Waals surface area contributed by atoms with Gasteiger partial charge in [0.25, 0.3) is 0 Å². The first-order valence-corrected chi connectivity index (χ1v) is 12.4. The zero-order valence-electron chi connectivity index (χ0n) is 21.9. The monoisotopic (exact) mass is 516 g/mol. The van der Waals surface area contributed by atoms with Crippen molar-refractivity contribution in [2.24, 2.45) is 16.6 Å². The third-order valence-electron chi connectivity index (χ3n) is 6.02. The number of anilines is 1. The molecule has 0 radical (unpaired) electrons. The van der Waals surface area contributed by atoms with Crippen LogP contribution in [0, 0.1) is 11.6 Å². The molecule has 1 aromatic carbocycles. The lowest BCUT2D eigenvalue weighted by Crippen LogP contribution is -2.46. The van der Waals surface area contributed by atoms with Crippen molar-refractivity contribution in [3.05, 3.63) is 71.2 Å². The molecule has 202 valence electrons. The van der Waals surface area contributed by atoms with Gasteiger partial charge < -0.3 is 27.0 Å². The second-order valence-corrected chi connectivity index (χ2v) is 8.17. The molecule has 3 heterocycles. The number of hydrogen-bond acceptors (Lipinski definition) is 8. The number of likely N-dealkylation sites (tertiary alicyclic amines) is 1. The Labute approximate surface area is 217 Å². The van der Waals surface area contributed by atoms with E-state index in [4.69, 9.17) is 15.6 Å². The second kappa shape index (κ2) is 14.7. The number of piperidine rings is 1. The predicted molar refractivity (Wildman–Crippen MR) is 144 cm³/mol. The van der Waals surface area contributed by atoms with Gasteiger partial charge in [0.1, 0.15) is 17.7 Å². The van der Waals surface area contributed by atoms with Crippen molar-refractivity contribution in [3.63, 3.8) is 0 Å². The number of likely N-dealkylation sites (N-methyl/N-ethyl adjacent to an activating group) is 2. The van der Waals surface area contributed by atoms with Crippen LogP contribution in [-0.4, -0.2) is 66.9 Å². The Morgan fingerprint density at radius 1 is 1.22 bits per heavy atom. The van der Waals surface area contributed by atoms with Gasteiger partial charge in [0.2, 0.25) is 6.41 Å². The number of aromatic nitrogens is 1. The molecule has 2 aliphatic rings. The van der Waals surface area contributed by atoms with Crippen molar-refractivity contribution in [2.75, 3.05) is 39.0 Å². The zero-order chi connectivity index (χ0) is 27.4. The van der Waals surface area contributed by atoms with Gasteiger partial charge >= 0.3 is 0 Å². The van der Waals surface area contributed by atoms with Crippen LogP contribution in [0.1, 0.15) is 43.9 Å². The Morgan fingerprint density at radius 3 is 2.49 bits per heavy atom. The lowest BCUT2D eigenvalue weighted by molar-refractivity contribution is -0.106. The molecule has 37 heavy (non-hydrogen) atoms. The number of hydrogen-bond donors (Lipinski definition) is 4. The lowest BCUT2D eigenvalue weighted by Gasteiger charge is -2.40. The topological polar surface area (TPSA) is 125 Å². The van der Waals surface area contributed by atoms with E-state index in [1.807, 2.05) is 51.3 Å². The first kappa shape index (κ1) is 29.5. The summed E-state index contributed by atoms with van der Waals surface area (Å²) in [5.41, 5.74) is 13.4. The smallest absolute Gasteiger partial charge is 0.204 e. The first-order chi connectivity index (χ1) is 17.9. The van der Waals surface area contributed by atoms with Crippen LogP contribution in [0.3, 0.4) is 0 Å². The van der Waals surface area contributed by atoms with Crippen molar-refractivity contribution < 1.29 is 13.6 Å². The van der Waals surface area contributed by atoms with Crippen molar-refractivity contribution in [3.8, 4) is 0 Å². The van der Waals surface area contributed by atoms with Gasteiger partial charge in [-0.25, -0.2) is 8.78 Å². The van der Waals surface area contributed by atoms with Gasteiger partial charge in [-0.1, -0.05) is 13.8 Å². The molecule has 2 aromatic rings. The molecule has 1 aromatic heterocycles. The third-order valence-corrected chi connectivity index (χ3v) is 6.02. The lowest BCUT2D eigenvalue weighted by atomic mass is 9.95. The largest absolute Gasteiger partial charge is 0.390 e. The van der Waals surface area contributed by atoms with Crippen LogP contribution in [0.2, 0.25) is 0 Å². The highest BCUT2D eigenvalue weighted by Crippen LogP contribution is 2.34. The van der Waals surface area contributed by atoms with Crippen LogP contribution in [0.15, 0.2) is 53.5 Å². The van der Waals surface area contributed by atoms with E-state index < -0.39 is 11.6 Å². The highest BCUT2D eigenvalue weighted by Gasteiger charge is 2.33. The van der Waals surface area contributed by atoms with Gasteiger partial charge in [-0.05, 0) is 42.7 Å². The average molecular weight is 517 g/mol. The van der Waals surface area contributed by atoms with Crippen LogP contribution >= 0.6 is 0 Å². The quantitative estimate of drug-likeness (QED) is 0.451. The zero-order valence-corrected chi connectivity index (χ0v) is 21.9. The minimum Gasteiger partial charge on any atom is -0.390 e. The molecule has 1 atom stereocenters. The number of primary amides is 1. The van der Waals surface area contributed by atoms with Crippen LogP contribution in [0.4, 0.5) is 14.5 Å². The molecule has 11 heteroatoms. The number of nitrogens with one attached hydrogen (secondary N) is 2. The Kier molecular flexibility index (Phi) is 11.8. The van der Waals surface area contributed by atoms with Crippen molar-refractivity contribution in [1.29, 1.82) is 0 Å². The number of amidine groups is 1. The Balaban J connectivity index is 0.000000898. The summed E-state index contributed by atoms with van der Waals surface area (Å²) in [7, 11) is 3.85. The van der Waals surface area contributed by atoms with Gasteiger partial charge in [-0.15, -0.1) is 0 Å². The van der Waals surface area contributed by atoms with E-state index in [0.717, 1.165) is 54.7 Å². The predicted octanol–water partition coefficient (Wildman–Crippen LogP) is 2.77. The number of nitrogens with zero attached hydrogens (tertiary/aromatic N) is 4. The van der Waals surface area contributed by atoms with Crippen LogP contribution in [0.25, 0.3) is 0 Å². The summed E-state index contributed by atoms with van der Waals surface area (Å²) in [6.45, 7) is 5.97. The minimum atomic E-state index is -0.574. The van der Waals surface area contributed by atoms with Crippen molar-refractivity contribution in [1.82, 2.24) is 20.2 Å². The van der Waals surface area contributed by atoms with Crippen LogP contribution < -0.4 is 22.1 Å². The fourth-order valence-electron chi connectivity index (χ4n) is 4.43. The summed E-state index contributed by atoms with van der Waals surface area (Å²) in [5, 5.41) is 13.3. The first-order valence-electron chi connectivity index (χ1n) is 12.4. The van der Waals surface area contributed by atoms with Gasteiger partial charge in [0.15, 0.2) is 5.84 Å². The van der Waals surface area contributed by atoms with E-state index >= 15 is 0 Å². The molecule has 0 aliphatic carbocycles. The van der Waals surface area contributed by atoms with E-state index in [-0.39, 0.29) is 18.5 Å². The number of halogens is 2. The Hall–Kier alpha value is -3.73. The summed E-state index contributed by atoms with van der Waals surface area (Å²) in [6, 6.07) is 5.70. The molecule has 6 N–H and O–H groups in total. The van der Waals surface area contributed by atoms with Crippen molar-refractivity contribution >= 4 is 17.9 Å². The number of carbonyl (C=O) groups excluding carboxylic acids is 1. The fourth-order valence-corrected chi connectivity index (χ4v) is 4.43. The number of fused-ring (bicyclic) bond motifs is 1. The molecule has 4 rings (SSSR count). The molecular weight excluding hydrogens is 478 g/mol. The Morgan fingerprint density at radius 2 is 1.89 bits per heavy atom. The molecule has 1 saturated heterocycles. The number of pyridine rings is 1. The molecular formula is C26H38F2N8O. The van der Waals surface area contributed by atoms with Gasteiger partial charge in [0, 0.05) is 69.5 Å². The molecule has 0 bridgehead atoms. The standard InChI is InChI=1S/C23H29F2N7.C2H6.CH3NO/c1-27-21(5-9-26)22-17-6-10-28-14-18(17)23(30-31(22)2)32-11-7-16(8-12-32)29-20-4-3-15(24)13-19(20)25;1-2;2-1-3/h3-6,10,13-14,16,22,27,29H,7-9,11-12,26H2,1-2H3;1-2H3;1H,(H2,2,3)/b21-5-;;. The summed E-state index contributed by atoms with van der Waals surface area (Å²) < 4.78 is 27.2. The molecule has 1 fully saturated rings. The fraction of sp³-hybridized carbons (Fsp3) is 0.423. The normalized spacial score (nSPS) is 17.3. The van der Waals surface area contributed by atoms with Gasteiger partial charge in [-0.3, -0.25) is 14.8 Å². The van der Waals surface area contributed by atoms with Crippen LogP contribution in [-0.2, 0) is 4.79 Å². The molecule has 0 saturated carbocycles. The summed E-state index contributed by atoms with van der Waals surface area (Å²) in [4.78, 5) is 15.2. The highest BCUT2D eigenvalue weighted by molar-refractivity contribution is 6.00. The molecule has 1 amide bonds. The van der Waals surface area contributed by atoms with Gasteiger partial charge in [-0.2, -0.15) is 5.10 Å². The van der Waals surface area contributed by atoms with Crippen molar-refractivity contribution in [2.45, 2.75) is 38.8 Å². The maximum atomic E-state index is 14.0. The van der Waals surface area contributed by atoms with E-state index in [9.17, 15) is 8.78 Å². The molecule has 0 spiro atoms. The Bertz CT molecular complexity index is 1070. The number of amides is 1. The summed E-state index contributed by atoms with van der Waals surface area (Å²) in [6.07, 6.45) is 7.51. The summed E-state index contributed by atoms with van der Waals surface area (Å²) in [5.74, 6) is -0.250. The molecule has 9 nitrogen and oxygen atoms in total. The number of hydrazone groups is 1. The van der Waals surface area contributed by atoms with E-state index in [2.05, 4.69) is 26.3 Å². The maximum absolute atomic E-state index is 14.0. The highest BCUT2D eigenvalue weighted by atomic mass is 19.1. The van der Waals surface area contributed by atoms with Gasteiger partial charge in [0.05, 0.1) is 5.69 Å². The number of benzene rings is 1. The average Bonchev–Trinajstić information content (AvgIpc) is 2.91. The molecule has 1 unspecified atom stereocenters. The van der Waals surface area contributed by atoms with E-state index in [1.165, 1.54) is 12.1 Å². The number of nitrogens with two attached hydrogens (primary N) is 2. The SMILES string of the molecule is CC.CN/C(=C\CN)C1c2ccncc2C(N2CCC(Nc3ccc(F)cc3F)CC2)=NN1C.NC=O. The van der Waals surface area contributed by atoms with E-state index in [0.29, 0.717) is 12.2 Å². The second-order valence-electron chi connectivity index (χ2n) is 8.17. The third kappa shape index (κ3) is 7.39. The molecule has 2 aliphatic heterocycles. The maximum Gasteiger partial charge on any atom is 0.204 e. The minimum absolute atomic E-state index is 0.0639. The number of rotatable bonds is 5. The van der Waals surface area contributed by atoms with Crippen LogP contribution in [0.5, 0.6) is 0 Å². The number of carbonyl (C=O) groups is 1. The van der Waals surface area contributed by atoms with E-state index in [1.54, 1.807) is 6.20 Å².